The van der Waals surface area contributed by atoms with Crippen molar-refractivity contribution in [3.05, 3.63) is 130 Å². The summed E-state index contributed by atoms with van der Waals surface area (Å²) in [6.07, 6.45) is 1.72. The summed E-state index contributed by atoms with van der Waals surface area (Å²) in [6.45, 7) is 3.75. The number of hydrogen-bond donors (Lipinski definition) is 1. The lowest BCUT2D eigenvalue weighted by Gasteiger charge is -2.24. The molecule has 1 amide bonds. The Kier molecular flexibility index (Phi) is 6.68. The fourth-order valence-corrected chi connectivity index (χ4v) is 6.63. The minimum absolute atomic E-state index is 0.230. The van der Waals surface area contributed by atoms with Crippen LogP contribution in [-0.2, 0) is 4.79 Å². The predicted octanol–water partition coefficient (Wildman–Crippen LogP) is 6.16. The third-order valence-electron chi connectivity index (χ3n) is 6.48. The zero-order valence-electron chi connectivity index (χ0n) is 21.0. The van der Waals surface area contributed by atoms with Crippen LogP contribution in [0.25, 0.3) is 17.4 Å². The van der Waals surface area contributed by atoms with Gasteiger partial charge in [-0.05, 0) is 61.2 Å². The summed E-state index contributed by atoms with van der Waals surface area (Å²) in [5.41, 5.74) is 3.31. The third kappa shape index (κ3) is 4.83. The number of rotatable bonds is 5. The molecule has 0 saturated carbocycles. The summed E-state index contributed by atoms with van der Waals surface area (Å²) in [6, 6.07) is 21.9. The Morgan fingerprint density at radius 1 is 1.08 bits per heavy atom. The highest BCUT2D eigenvalue weighted by Crippen LogP contribution is 2.33. The van der Waals surface area contributed by atoms with E-state index in [1.807, 2.05) is 86.0 Å². The second kappa shape index (κ2) is 10.3. The number of thiazole rings is 1. The van der Waals surface area contributed by atoms with E-state index in [1.54, 1.807) is 16.7 Å². The lowest BCUT2D eigenvalue weighted by molar-refractivity contribution is -0.113. The van der Waals surface area contributed by atoms with Gasteiger partial charge in [-0.25, -0.2) is 4.99 Å². The maximum atomic E-state index is 13.8. The number of hydrogen-bond acceptors (Lipinski definition) is 6. The highest BCUT2D eigenvalue weighted by atomic mass is 35.5. The van der Waals surface area contributed by atoms with Crippen LogP contribution in [0, 0.1) is 6.92 Å². The van der Waals surface area contributed by atoms with Crippen LogP contribution in [0.3, 0.4) is 0 Å². The fraction of sp³-hybridized carbons (Fsp3) is 0.100. The van der Waals surface area contributed by atoms with E-state index in [-0.39, 0.29) is 11.5 Å². The Hall–Kier alpha value is -3.98. The summed E-state index contributed by atoms with van der Waals surface area (Å²) in [4.78, 5) is 33.6. The van der Waals surface area contributed by atoms with E-state index in [9.17, 15) is 9.59 Å². The van der Waals surface area contributed by atoms with E-state index in [0.29, 0.717) is 37.1 Å². The highest BCUT2D eigenvalue weighted by Gasteiger charge is 2.33. The number of allylic oxidation sites excluding steroid dienone is 1. The van der Waals surface area contributed by atoms with Crippen LogP contribution in [0.2, 0.25) is 5.02 Å². The fourth-order valence-electron chi connectivity index (χ4n) is 4.59. The number of para-hydroxylation sites is 1. The number of amides is 1. The van der Waals surface area contributed by atoms with Crippen molar-refractivity contribution in [3.8, 4) is 11.3 Å². The number of benzene rings is 2. The van der Waals surface area contributed by atoms with E-state index in [2.05, 4.69) is 5.32 Å². The molecule has 4 heterocycles. The molecular weight excluding hydrogens is 550 g/mol. The Morgan fingerprint density at radius 2 is 1.92 bits per heavy atom. The molecular formula is C30H22ClN3O3S2. The molecule has 0 bridgehead atoms. The number of aromatic nitrogens is 1. The number of fused-ring (bicyclic) bond motifs is 1. The summed E-state index contributed by atoms with van der Waals surface area (Å²) >= 11 is 8.91. The van der Waals surface area contributed by atoms with Gasteiger partial charge >= 0.3 is 0 Å². The molecule has 1 aliphatic rings. The molecule has 1 atom stereocenters. The van der Waals surface area contributed by atoms with Crippen molar-refractivity contribution >= 4 is 51.9 Å². The van der Waals surface area contributed by atoms with E-state index in [1.165, 1.54) is 22.7 Å². The van der Waals surface area contributed by atoms with Crippen molar-refractivity contribution in [1.82, 2.24) is 4.57 Å². The Balaban J connectivity index is 1.43. The molecule has 1 N–H and O–H groups in total. The number of carbonyl (C=O) groups excluding carboxylic acids is 1. The molecule has 0 spiro atoms. The molecule has 3 aromatic heterocycles. The topological polar surface area (TPSA) is 76.6 Å². The zero-order chi connectivity index (χ0) is 27.1. The number of aryl methyl sites for hydroxylation is 1. The second-order valence-electron chi connectivity index (χ2n) is 9.08. The largest absolute Gasteiger partial charge is 0.457 e. The molecule has 0 aliphatic carbocycles. The van der Waals surface area contributed by atoms with Gasteiger partial charge in [-0.3, -0.25) is 14.2 Å². The summed E-state index contributed by atoms with van der Waals surface area (Å²) < 4.78 is 8.10. The van der Waals surface area contributed by atoms with Crippen LogP contribution in [0.15, 0.2) is 104 Å². The van der Waals surface area contributed by atoms with Gasteiger partial charge in [0.2, 0.25) is 0 Å². The third-order valence-corrected chi connectivity index (χ3v) is 8.62. The number of nitrogens with one attached hydrogen (secondary N) is 1. The van der Waals surface area contributed by atoms with Crippen LogP contribution in [-0.4, -0.2) is 10.5 Å². The molecule has 5 aromatic rings. The number of thiophene rings is 1. The molecule has 194 valence electrons. The Morgan fingerprint density at radius 3 is 2.69 bits per heavy atom. The number of halogens is 1. The summed E-state index contributed by atoms with van der Waals surface area (Å²) in [5.74, 6) is 0.908. The van der Waals surface area contributed by atoms with Gasteiger partial charge in [-0.1, -0.05) is 59.3 Å². The normalized spacial score (nSPS) is 15.3. The lowest BCUT2D eigenvalue weighted by Crippen LogP contribution is -2.40. The molecule has 39 heavy (non-hydrogen) atoms. The van der Waals surface area contributed by atoms with Gasteiger partial charge in [-0.15, -0.1) is 11.3 Å². The van der Waals surface area contributed by atoms with Crippen molar-refractivity contribution in [2.24, 2.45) is 4.99 Å². The number of nitrogens with zero attached hydrogens (tertiary/aromatic N) is 2. The summed E-state index contributed by atoms with van der Waals surface area (Å²) in [5, 5.41) is 5.58. The molecule has 0 radical (unpaired) electrons. The maximum Gasteiger partial charge on any atom is 0.271 e. The molecule has 0 saturated heterocycles. The van der Waals surface area contributed by atoms with Crippen LogP contribution < -0.4 is 20.2 Å². The van der Waals surface area contributed by atoms with Crippen molar-refractivity contribution in [3.63, 3.8) is 0 Å². The van der Waals surface area contributed by atoms with E-state index >= 15 is 0 Å². The molecule has 1 aliphatic heterocycles. The molecule has 0 fully saturated rings. The number of anilines is 1. The molecule has 6 rings (SSSR count). The molecule has 2 aromatic carbocycles. The Labute approximate surface area is 236 Å². The quantitative estimate of drug-likeness (QED) is 0.275. The molecule has 0 unspecified atom stereocenters. The second-order valence-corrected chi connectivity index (χ2v) is 11.5. The van der Waals surface area contributed by atoms with Gasteiger partial charge in [0, 0.05) is 27.2 Å². The zero-order valence-corrected chi connectivity index (χ0v) is 23.4. The lowest BCUT2D eigenvalue weighted by atomic mass is 10.0. The predicted molar refractivity (Wildman–Crippen MR) is 157 cm³/mol. The highest BCUT2D eigenvalue weighted by molar-refractivity contribution is 7.10. The van der Waals surface area contributed by atoms with E-state index < -0.39 is 6.04 Å². The van der Waals surface area contributed by atoms with E-state index in [0.717, 1.165) is 21.7 Å². The Bertz CT molecular complexity index is 1930. The molecule has 9 heteroatoms. The number of furan rings is 1. The smallest absolute Gasteiger partial charge is 0.271 e. The van der Waals surface area contributed by atoms with E-state index in [4.69, 9.17) is 21.0 Å². The van der Waals surface area contributed by atoms with Gasteiger partial charge in [0.05, 0.1) is 15.8 Å². The SMILES string of the molecule is CC1=C(C(=O)Nc2ccccc2C)[C@@H](c2cccs2)n2c(sc(=Cc3ccc(-c4cccc(Cl)c4)o3)c2=O)=N1. The molecule has 6 nitrogen and oxygen atoms in total. The van der Waals surface area contributed by atoms with Crippen LogP contribution in [0.4, 0.5) is 5.69 Å². The minimum atomic E-state index is -0.592. The maximum absolute atomic E-state index is 13.8. The average Bonchev–Trinajstić information content (AvgIpc) is 3.67. The van der Waals surface area contributed by atoms with Crippen LogP contribution in [0.5, 0.6) is 0 Å². The summed E-state index contributed by atoms with van der Waals surface area (Å²) in [7, 11) is 0. The first-order chi connectivity index (χ1) is 18.9. The van der Waals surface area contributed by atoms with Crippen LogP contribution >= 0.6 is 34.3 Å². The van der Waals surface area contributed by atoms with Crippen molar-refractivity contribution in [1.29, 1.82) is 0 Å². The number of carbonyl (C=O) groups is 1. The van der Waals surface area contributed by atoms with Crippen molar-refractivity contribution in [2.75, 3.05) is 5.32 Å². The first kappa shape index (κ1) is 25.3. The first-order valence-corrected chi connectivity index (χ1v) is 14.2. The average molecular weight is 572 g/mol. The standard InChI is InChI=1S/C30H22ClN3O3S2/c1-17-7-3-4-10-22(17)33-28(35)26-18(2)32-30-34(27(26)24-11-6-14-38-24)29(36)25(39-30)16-21-12-13-23(37-21)19-8-5-9-20(31)15-19/h3-16,27H,1-2H3,(H,33,35)/t27-/m1/s1. The minimum Gasteiger partial charge on any atom is -0.457 e. The van der Waals surface area contributed by atoms with Crippen molar-refractivity contribution < 1.29 is 9.21 Å². The van der Waals surface area contributed by atoms with Gasteiger partial charge in [0.15, 0.2) is 4.80 Å². The van der Waals surface area contributed by atoms with Gasteiger partial charge < -0.3 is 9.73 Å². The van der Waals surface area contributed by atoms with Gasteiger partial charge in [-0.2, -0.15) is 0 Å². The van der Waals surface area contributed by atoms with Crippen molar-refractivity contribution in [2.45, 2.75) is 19.9 Å². The monoisotopic (exact) mass is 571 g/mol. The van der Waals surface area contributed by atoms with Crippen LogP contribution in [0.1, 0.15) is 29.2 Å². The van der Waals surface area contributed by atoms with Gasteiger partial charge in [0.1, 0.15) is 17.6 Å². The van der Waals surface area contributed by atoms with Gasteiger partial charge in [0.25, 0.3) is 11.5 Å². The first-order valence-electron chi connectivity index (χ1n) is 12.2.